The third-order valence-corrected chi connectivity index (χ3v) is 6.46. The number of ether oxygens (including phenoxy) is 1. The topological polar surface area (TPSA) is 105 Å². The Morgan fingerprint density at radius 2 is 1.48 bits per heavy atom. The van der Waals surface area contributed by atoms with Gasteiger partial charge in [0.1, 0.15) is 12.6 Å². The van der Waals surface area contributed by atoms with Crippen LogP contribution in [0.2, 0.25) is 0 Å². The zero-order valence-electron chi connectivity index (χ0n) is 19.3. The van der Waals surface area contributed by atoms with Crippen molar-refractivity contribution in [3.05, 3.63) is 59.7 Å². The molecule has 3 rings (SSSR count). The third kappa shape index (κ3) is 5.72. The highest BCUT2D eigenvalue weighted by atomic mass is 16.5. The summed E-state index contributed by atoms with van der Waals surface area (Å²) in [6.45, 7) is 6.06. The summed E-state index contributed by atoms with van der Waals surface area (Å²) in [6.07, 6.45) is 0.447. The zero-order valence-corrected chi connectivity index (χ0v) is 19.3. The van der Waals surface area contributed by atoms with Crippen molar-refractivity contribution < 1.29 is 24.2 Å². The van der Waals surface area contributed by atoms with Gasteiger partial charge >= 0.3 is 12.1 Å². The standard InChI is InChI=1S/C26H32N2O5/c1-4-17(5-2)16(3)27-25(31)23(14-24(29)30)28-26(32)33-15-22-20-12-8-6-10-18(20)19-11-7-9-13-21(19)22/h6-13,16-17,22-23H,4-5,14-15H2,1-3H3,(H,27,31)(H,28,32)(H,29,30). The highest BCUT2D eigenvalue weighted by Crippen LogP contribution is 2.44. The van der Waals surface area contributed by atoms with Crippen LogP contribution in [-0.2, 0) is 14.3 Å². The van der Waals surface area contributed by atoms with Crippen molar-refractivity contribution in [3.8, 4) is 11.1 Å². The van der Waals surface area contributed by atoms with Crippen molar-refractivity contribution in [2.45, 2.75) is 58.0 Å². The van der Waals surface area contributed by atoms with Crippen LogP contribution in [0.25, 0.3) is 11.1 Å². The predicted molar refractivity (Wildman–Crippen MR) is 126 cm³/mol. The Morgan fingerprint density at radius 3 is 2.00 bits per heavy atom. The normalized spacial score (nSPS) is 14.2. The average Bonchev–Trinajstić information content (AvgIpc) is 3.11. The van der Waals surface area contributed by atoms with Crippen molar-refractivity contribution in [1.29, 1.82) is 0 Å². The largest absolute Gasteiger partial charge is 0.481 e. The maximum atomic E-state index is 12.7. The van der Waals surface area contributed by atoms with Crippen LogP contribution in [0.5, 0.6) is 0 Å². The quantitative estimate of drug-likeness (QED) is 0.498. The lowest BCUT2D eigenvalue weighted by molar-refractivity contribution is -0.140. The number of aliphatic carboxylic acids is 1. The molecule has 0 heterocycles. The van der Waals surface area contributed by atoms with Crippen molar-refractivity contribution in [2.75, 3.05) is 6.61 Å². The number of nitrogens with one attached hydrogen (secondary N) is 2. The van der Waals surface area contributed by atoms with Gasteiger partial charge in [-0.3, -0.25) is 9.59 Å². The van der Waals surface area contributed by atoms with Gasteiger partial charge in [-0.25, -0.2) is 4.79 Å². The van der Waals surface area contributed by atoms with E-state index in [2.05, 4.69) is 10.6 Å². The van der Waals surface area contributed by atoms with Crippen LogP contribution in [0.1, 0.15) is 57.1 Å². The molecule has 7 nitrogen and oxygen atoms in total. The van der Waals surface area contributed by atoms with Gasteiger partial charge in [0.2, 0.25) is 5.91 Å². The second-order valence-corrected chi connectivity index (χ2v) is 8.49. The first-order valence-corrected chi connectivity index (χ1v) is 11.5. The number of benzene rings is 2. The highest BCUT2D eigenvalue weighted by molar-refractivity contribution is 5.89. The van der Waals surface area contributed by atoms with Crippen molar-refractivity contribution in [1.82, 2.24) is 10.6 Å². The Bertz CT molecular complexity index is 956. The Kier molecular flexibility index (Phi) is 8.09. The van der Waals surface area contributed by atoms with Crippen molar-refractivity contribution in [2.24, 2.45) is 5.92 Å². The van der Waals surface area contributed by atoms with Crippen molar-refractivity contribution >= 4 is 18.0 Å². The summed E-state index contributed by atoms with van der Waals surface area (Å²) in [7, 11) is 0. The molecule has 0 saturated carbocycles. The van der Waals surface area contributed by atoms with Crippen molar-refractivity contribution in [3.63, 3.8) is 0 Å². The van der Waals surface area contributed by atoms with Crippen LogP contribution < -0.4 is 10.6 Å². The van der Waals surface area contributed by atoms with Crippen LogP contribution in [0.4, 0.5) is 4.79 Å². The molecule has 7 heteroatoms. The molecule has 3 N–H and O–H groups in total. The van der Waals surface area contributed by atoms with E-state index < -0.39 is 30.4 Å². The molecule has 2 amide bonds. The summed E-state index contributed by atoms with van der Waals surface area (Å²) in [4.78, 5) is 36.5. The lowest BCUT2D eigenvalue weighted by Gasteiger charge is -2.25. The molecule has 0 fully saturated rings. The predicted octanol–water partition coefficient (Wildman–Crippen LogP) is 4.31. The third-order valence-electron chi connectivity index (χ3n) is 6.46. The number of carbonyl (C=O) groups excluding carboxylic acids is 2. The number of hydrogen-bond donors (Lipinski definition) is 3. The van der Waals surface area contributed by atoms with Gasteiger partial charge in [-0.2, -0.15) is 0 Å². The van der Waals surface area contributed by atoms with E-state index in [1.165, 1.54) is 0 Å². The van der Waals surface area contributed by atoms with Gasteiger partial charge in [0.15, 0.2) is 0 Å². The van der Waals surface area contributed by atoms with Gasteiger partial charge in [-0.05, 0) is 35.1 Å². The van der Waals surface area contributed by atoms with E-state index in [1.54, 1.807) is 0 Å². The van der Waals surface area contributed by atoms with E-state index in [4.69, 9.17) is 4.74 Å². The first-order chi connectivity index (χ1) is 15.8. The van der Waals surface area contributed by atoms with E-state index in [0.29, 0.717) is 0 Å². The van der Waals surface area contributed by atoms with Gasteiger partial charge < -0.3 is 20.5 Å². The van der Waals surface area contributed by atoms with Gasteiger partial charge in [-0.1, -0.05) is 75.2 Å². The molecule has 2 unspecified atom stereocenters. The molecule has 1 aliphatic rings. The monoisotopic (exact) mass is 452 g/mol. The zero-order chi connectivity index (χ0) is 24.0. The Labute approximate surface area is 194 Å². The summed E-state index contributed by atoms with van der Waals surface area (Å²) in [5.74, 6) is -1.55. The SMILES string of the molecule is CCC(CC)C(C)NC(=O)C(CC(=O)O)NC(=O)OCC1c2ccccc2-c2ccccc21. The lowest BCUT2D eigenvalue weighted by atomic mass is 9.95. The fraction of sp³-hybridized carbons (Fsp3) is 0.423. The Hall–Kier alpha value is -3.35. The van der Waals surface area contributed by atoms with Crippen LogP contribution in [-0.4, -0.2) is 41.8 Å². The molecule has 1 aliphatic carbocycles. The summed E-state index contributed by atoms with van der Waals surface area (Å²) >= 11 is 0. The van der Waals surface area contributed by atoms with E-state index in [9.17, 15) is 19.5 Å². The fourth-order valence-electron chi connectivity index (χ4n) is 4.60. The minimum Gasteiger partial charge on any atom is -0.481 e. The molecular formula is C26H32N2O5. The number of rotatable bonds is 10. The second kappa shape index (κ2) is 11.0. The molecule has 2 atom stereocenters. The first-order valence-electron chi connectivity index (χ1n) is 11.5. The molecule has 0 radical (unpaired) electrons. The minimum absolute atomic E-state index is 0.0887. The minimum atomic E-state index is -1.21. The van der Waals surface area contributed by atoms with Crippen LogP contribution >= 0.6 is 0 Å². The summed E-state index contributed by atoms with van der Waals surface area (Å²) in [6, 6.07) is 14.6. The van der Waals surface area contributed by atoms with E-state index in [-0.39, 0.29) is 24.5 Å². The lowest BCUT2D eigenvalue weighted by Crippen LogP contribution is -2.51. The van der Waals surface area contributed by atoms with Crippen LogP contribution in [0.3, 0.4) is 0 Å². The molecular weight excluding hydrogens is 420 g/mol. The number of carboxylic acid groups (broad SMARTS) is 1. The molecule has 2 aromatic carbocycles. The number of alkyl carbamates (subject to hydrolysis) is 1. The average molecular weight is 453 g/mol. The summed E-state index contributed by atoms with van der Waals surface area (Å²) in [5.41, 5.74) is 4.37. The maximum Gasteiger partial charge on any atom is 0.407 e. The smallest absolute Gasteiger partial charge is 0.407 e. The maximum absolute atomic E-state index is 12.7. The number of amides is 2. The van der Waals surface area contributed by atoms with E-state index in [1.807, 2.05) is 69.3 Å². The number of hydrogen-bond acceptors (Lipinski definition) is 4. The molecule has 0 bridgehead atoms. The molecule has 176 valence electrons. The summed E-state index contributed by atoms with van der Waals surface area (Å²) in [5, 5.41) is 14.5. The molecule has 0 aromatic heterocycles. The molecule has 0 spiro atoms. The second-order valence-electron chi connectivity index (χ2n) is 8.49. The van der Waals surface area contributed by atoms with Crippen LogP contribution in [0, 0.1) is 5.92 Å². The molecule has 0 saturated heterocycles. The van der Waals surface area contributed by atoms with E-state index in [0.717, 1.165) is 35.1 Å². The molecule has 0 aliphatic heterocycles. The highest BCUT2D eigenvalue weighted by Gasteiger charge is 2.30. The van der Waals surface area contributed by atoms with Crippen LogP contribution in [0.15, 0.2) is 48.5 Å². The Morgan fingerprint density at radius 1 is 0.939 bits per heavy atom. The molecule has 2 aromatic rings. The number of fused-ring (bicyclic) bond motifs is 3. The fourth-order valence-corrected chi connectivity index (χ4v) is 4.60. The number of carboxylic acids is 1. The van der Waals surface area contributed by atoms with E-state index >= 15 is 0 Å². The number of carbonyl (C=O) groups is 3. The summed E-state index contributed by atoms with van der Waals surface area (Å²) < 4.78 is 5.47. The Balaban J connectivity index is 1.65. The van der Waals surface area contributed by atoms with Gasteiger partial charge in [0.25, 0.3) is 0 Å². The van der Waals surface area contributed by atoms with Gasteiger partial charge in [-0.15, -0.1) is 0 Å². The van der Waals surface area contributed by atoms with Gasteiger partial charge in [0.05, 0.1) is 6.42 Å². The first kappa shape index (κ1) is 24.3. The molecule has 33 heavy (non-hydrogen) atoms. The van der Waals surface area contributed by atoms with Gasteiger partial charge in [0, 0.05) is 12.0 Å².